The number of thioether (sulfide) groups is 1. The first-order valence-corrected chi connectivity index (χ1v) is 6.33. The van der Waals surface area contributed by atoms with Gasteiger partial charge in [-0.25, -0.2) is 4.79 Å². The molecule has 0 aromatic rings. The van der Waals surface area contributed by atoms with Crippen molar-refractivity contribution >= 4 is 23.8 Å². The number of hydrogen-bond acceptors (Lipinski definition) is 3. The van der Waals surface area contributed by atoms with E-state index < -0.39 is 5.97 Å². The second-order valence-corrected chi connectivity index (χ2v) is 5.92. The fraction of sp³-hybridized carbons (Fsp3) is 0.800. The van der Waals surface area contributed by atoms with Gasteiger partial charge in [0.2, 0.25) is 0 Å². The summed E-state index contributed by atoms with van der Waals surface area (Å²) in [6.07, 6.45) is -0.0283. The number of carboxylic acids is 1. The average Bonchev–Trinajstić information content (AvgIpc) is 2.15. The highest BCUT2D eigenvalue weighted by atomic mass is 32.2. The van der Waals surface area contributed by atoms with Gasteiger partial charge in [-0.1, -0.05) is 13.8 Å². The smallest absolute Gasteiger partial charge is 0.317 e. The van der Waals surface area contributed by atoms with Crippen LogP contribution < -0.4 is 5.32 Å². The second-order valence-electron chi connectivity index (χ2n) is 4.04. The molecular formula is C10H18N2O3S. The van der Waals surface area contributed by atoms with Gasteiger partial charge in [0.1, 0.15) is 0 Å². The van der Waals surface area contributed by atoms with E-state index in [1.165, 1.54) is 0 Å². The number of carbonyl (C=O) groups is 2. The molecule has 6 heteroatoms. The number of urea groups is 1. The van der Waals surface area contributed by atoms with Crippen molar-refractivity contribution in [3.63, 3.8) is 0 Å². The third-order valence-corrected chi connectivity index (χ3v) is 3.55. The fourth-order valence-electron chi connectivity index (χ4n) is 1.73. The first-order valence-electron chi connectivity index (χ1n) is 5.39. The maximum absolute atomic E-state index is 11.7. The van der Waals surface area contributed by atoms with Crippen LogP contribution in [0.4, 0.5) is 4.79 Å². The molecule has 1 saturated heterocycles. The molecule has 1 heterocycles. The molecule has 2 amide bonds. The van der Waals surface area contributed by atoms with Gasteiger partial charge in [-0.15, -0.1) is 0 Å². The lowest BCUT2D eigenvalue weighted by Crippen LogP contribution is -2.48. The van der Waals surface area contributed by atoms with E-state index >= 15 is 0 Å². The van der Waals surface area contributed by atoms with Crippen molar-refractivity contribution in [2.24, 2.45) is 0 Å². The number of amides is 2. The largest absolute Gasteiger partial charge is 0.481 e. The molecule has 16 heavy (non-hydrogen) atoms. The Morgan fingerprint density at radius 2 is 1.94 bits per heavy atom. The van der Waals surface area contributed by atoms with Crippen LogP contribution in [0, 0.1) is 0 Å². The number of nitrogens with one attached hydrogen (secondary N) is 1. The summed E-state index contributed by atoms with van der Waals surface area (Å²) in [5.41, 5.74) is 0. The third-order valence-electron chi connectivity index (χ3n) is 2.32. The Bertz CT molecular complexity index is 263. The Labute approximate surface area is 99.6 Å². The summed E-state index contributed by atoms with van der Waals surface area (Å²) in [5.74, 6) is -0.892. The molecule has 0 bridgehead atoms. The third kappa shape index (κ3) is 4.30. The van der Waals surface area contributed by atoms with E-state index in [0.29, 0.717) is 10.5 Å². The van der Waals surface area contributed by atoms with Crippen LogP contribution in [0.5, 0.6) is 0 Å². The van der Waals surface area contributed by atoms with Crippen LogP contribution in [0.2, 0.25) is 0 Å². The highest BCUT2D eigenvalue weighted by Crippen LogP contribution is 2.24. The van der Waals surface area contributed by atoms with Gasteiger partial charge in [0.25, 0.3) is 0 Å². The number of rotatable bonds is 3. The van der Waals surface area contributed by atoms with Gasteiger partial charge in [-0.2, -0.15) is 11.8 Å². The van der Waals surface area contributed by atoms with Crippen molar-refractivity contribution in [3.05, 3.63) is 0 Å². The SMILES string of the molecule is CC1CN(C(=O)NCCC(=O)O)CC(C)S1. The molecule has 0 aromatic heterocycles. The minimum Gasteiger partial charge on any atom is -0.481 e. The summed E-state index contributed by atoms with van der Waals surface area (Å²) in [6, 6.07) is -0.153. The summed E-state index contributed by atoms with van der Waals surface area (Å²) in [7, 11) is 0. The average molecular weight is 246 g/mol. The molecule has 5 nitrogen and oxygen atoms in total. The number of carboxylic acid groups (broad SMARTS) is 1. The quantitative estimate of drug-likeness (QED) is 0.779. The van der Waals surface area contributed by atoms with Crippen LogP contribution in [0.15, 0.2) is 0 Å². The number of hydrogen-bond donors (Lipinski definition) is 2. The molecule has 92 valence electrons. The van der Waals surface area contributed by atoms with E-state index in [0.717, 1.165) is 13.1 Å². The fourth-order valence-corrected chi connectivity index (χ4v) is 3.06. The molecule has 0 aliphatic carbocycles. The zero-order valence-electron chi connectivity index (χ0n) is 9.60. The molecule has 0 spiro atoms. The van der Waals surface area contributed by atoms with Crippen molar-refractivity contribution in [2.75, 3.05) is 19.6 Å². The zero-order valence-corrected chi connectivity index (χ0v) is 10.4. The normalized spacial score (nSPS) is 25.2. The first kappa shape index (κ1) is 13.2. The van der Waals surface area contributed by atoms with Gasteiger partial charge < -0.3 is 15.3 Å². The van der Waals surface area contributed by atoms with E-state index in [1.54, 1.807) is 4.90 Å². The van der Waals surface area contributed by atoms with Crippen molar-refractivity contribution in [3.8, 4) is 0 Å². The lowest BCUT2D eigenvalue weighted by molar-refractivity contribution is -0.136. The van der Waals surface area contributed by atoms with Gasteiger partial charge in [-0.3, -0.25) is 4.79 Å². The van der Waals surface area contributed by atoms with E-state index in [1.807, 2.05) is 11.8 Å². The van der Waals surface area contributed by atoms with Gasteiger partial charge >= 0.3 is 12.0 Å². The monoisotopic (exact) mass is 246 g/mol. The summed E-state index contributed by atoms with van der Waals surface area (Å²) in [5, 5.41) is 12.0. The summed E-state index contributed by atoms with van der Waals surface area (Å²) >= 11 is 1.88. The molecule has 0 saturated carbocycles. The summed E-state index contributed by atoms with van der Waals surface area (Å²) < 4.78 is 0. The van der Waals surface area contributed by atoms with E-state index in [9.17, 15) is 9.59 Å². The van der Waals surface area contributed by atoms with Crippen LogP contribution in [0.1, 0.15) is 20.3 Å². The topological polar surface area (TPSA) is 69.6 Å². The van der Waals surface area contributed by atoms with Crippen LogP contribution in [-0.4, -0.2) is 52.1 Å². The Kier molecular flexibility index (Phi) is 4.92. The van der Waals surface area contributed by atoms with E-state index in [2.05, 4.69) is 19.2 Å². The zero-order chi connectivity index (χ0) is 12.1. The molecule has 1 rings (SSSR count). The first-order chi connectivity index (χ1) is 7.49. The maximum atomic E-state index is 11.7. The molecule has 1 fully saturated rings. The Morgan fingerprint density at radius 3 is 2.44 bits per heavy atom. The van der Waals surface area contributed by atoms with Gasteiger partial charge in [0.05, 0.1) is 6.42 Å². The van der Waals surface area contributed by atoms with Crippen molar-refractivity contribution in [2.45, 2.75) is 30.8 Å². The summed E-state index contributed by atoms with van der Waals surface area (Å²) in [4.78, 5) is 23.7. The summed E-state index contributed by atoms with van der Waals surface area (Å²) in [6.45, 7) is 5.85. The van der Waals surface area contributed by atoms with Crippen LogP contribution in [0.3, 0.4) is 0 Å². The van der Waals surface area contributed by atoms with Crippen LogP contribution >= 0.6 is 11.8 Å². The highest BCUT2D eigenvalue weighted by Gasteiger charge is 2.25. The van der Waals surface area contributed by atoms with Crippen LogP contribution in [0.25, 0.3) is 0 Å². The van der Waals surface area contributed by atoms with Crippen molar-refractivity contribution < 1.29 is 14.7 Å². The predicted octanol–water partition coefficient (Wildman–Crippen LogP) is 0.997. The minimum absolute atomic E-state index is 0.0283. The van der Waals surface area contributed by atoms with Crippen molar-refractivity contribution in [1.82, 2.24) is 10.2 Å². The molecule has 0 radical (unpaired) electrons. The second kappa shape index (κ2) is 5.98. The van der Waals surface area contributed by atoms with Gasteiger partial charge in [0.15, 0.2) is 0 Å². The van der Waals surface area contributed by atoms with Crippen molar-refractivity contribution in [1.29, 1.82) is 0 Å². The van der Waals surface area contributed by atoms with Gasteiger partial charge in [-0.05, 0) is 0 Å². The number of aliphatic carboxylic acids is 1. The molecule has 1 aliphatic heterocycles. The minimum atomic E-state index is -0.892. The molecule has 2 N–H and O–H groups in total. The van der Waals surface area contributed by atoms with E-state index in [4.69, 9.17) is 5.11 Å². The Morgan fingerprint density at radius 1 is 1.38 bits per heavy atom. The lowest BCUT2D eigenvalue weighted by Gasteiger charge is -2.34. The lowest BCUT2D eigenvalue weighted by atomic mass is 10.3. The maximum Gasteiger partial charge on any atom is 0.317 e. The van der Waals surface area contributed by atoms with E-state index in [-0.39, 0.29) is 19.0 Å². The molecular weight excluding hydrogens is 228 g/mol. The predicted molar refractivity (Wildman–Crippen MR) is 63.7 cm³/mol. The molecule has 2 unspecified atom stereocenters. The standard InChI is InChI=1S/C10H18N2O3S/c1-7-5-12(6-8(2)16-7)10(15)11-4-3-9(13)14/h7-8H,3-6H2,1-2H3,(H,11,15)(H,13,14). The molecule has 1 aliphatic rings. The molecule has 0 aromatic carbocycles. The molecule has 2 atom stereocenters. The van der Waals surface area contributed by atoms with Crippen LogP contribution in [-0.2, 0) is 4.79 Å². The Hall–Kier alpha value is -0.910. The Balaban J connectivity index is 2.32. The van der Waals surface area contributed by atoms with Gasteiger partial charge in [0, 0.05) is 30.1 Å². The number of nitrogens with zero attached hydrogens (tertiary/aromatic N) is 1. The highest BCUT2D eigenvalue weighted by molar-refractivity contribution is 8.00. The number of carbonyl (C=O) groups excluding carboxylic acids is 1.